The van der Waals surface area contributed by atoms with E-state index in [1.54, 1.807) is 18.6 Å². The van der Waals surface area contributed by atoms with Gasteiger partial charge >= 0.3 is 0 Å². The summed E-state index contributed by atoms with van der Waals surface area (Å²) < 4.78 is 4.05. The van der Waals surface area contributed by atoms with Crippen molar-refractivity contribution in [2.75, 3.05) is 5.32 Å². The number of aryl methyl sites for hydroxylation is 2. The highest BCUT2D eigenvalue weighted by molar-refractivity contribution is 5.59. The summed E-state index contributed by atoms with van der Waals surface area (Å²) in [6.07, 6.45) is 7.33. The van der Waals surface area contributed by atoms with Crippen LogP contribution in [-0.4, -0.2) is 35.3 Å². The summed E-state index contributed by atoms with van der Waals surface area (Å²) in [7, 11) is 0. The Morgan fingerprint density at radius 1 is 1.12 bits per heavy atom. The molecule has 126 valence electrons. The van der Waals surface area contributed by atoms with Crippen LogP contribution in [0.1, 0.15) is 32.2 Å². The predicted octanol–water partition coefficient (Wildman–Crippen LogP) is 2.98. The first-order valence-electron chi connectivity index (χ1n) is 8.18. The second-order valence-electron chi connectivity index (χ2n) is 6.05. The van der Waals surface area contributed by atoms with Gasteiger partial charge in [0.15, 0.2) is 0 Å². The van der Waals surface area contributed by atoms with E-state index < -0.39 is 0 Å². The summed E-state index contributed by atoms with van der Waals surface area (Å²) in [4.78, 5) is 13.3. The van der Waals surface area contributed by atoms with Crippen LogP contribution in [0.15, 0.2) is 24.8 Å². The number of aromatic nitrogens is 6. The third-order valence-electron chi connectivity index (χ3n) is 3.85. The van der Waals surface area contributed by atoms with Crippen LogP contribution in [0.5, 0.6) is 0 Å². The average molecular weight is 325 g/mol. The van der Waals surface area contributed by atoms with E-state index in [-0.39, 0.29) is 0 Å². The Labute approximate surface area is 141 Å². The molecule has 3 aromatic heterocycles. The number of imidazole rings is 1. The summed E-state index contributed by atoms with van der Waals surface area (Å²) in [5.74, 6) is 1.44. The van der Waals surface area contributed by atoms with Gasteiger partial charge in [0.2, 0.25) is 5.95 Å². The van der Waals surface area contributed by atoms with Gasteiger partial charge in [0.05, 0.1) is 22.6 Å². The van der Waals surface area contributed by atoms with E-state index in [4.69, 9.17) is 0 Å². The van der Waals surface area contributed by atoms with E-state index in [1.807, 2.05) is 17.8 Å². The Morgan fingerprint density at radius 2 is 1.83 bits per heavy atom. The lowest BCUT2D eigenvalue weighted by Crippen LogP contribution is -2.12. The van der Waals surface area contributed by atoms with Crippen molar-refractivity contribution in [2.24, 2.45) is 0 Å². The molecule has 3 rings (SSSR count). The highest BCUT2D eigenvalue weighted by atomic mass is 15.3. The minimum atomic E-state index is 0.294. The topological polar surface area (TPSA) is 73.5 Å². The largest absolute Gasteiger partial charge is 0.352 e. The Kier molecular flexibility index (Phi) is 4.33. The van der Waals surface area contributed by atoms with Crippen molar-refractivity contribution in [2.45, 2.75) is 47.2 Å². The zero-order chi connectivity index (χ0) is 17.3. The highest BCUT2D eigenvalue weighted by Gasteiger charge is 2.17. The van der Waals surface area contributed by atoms with Gasteiger partial charge in [0.1, 0.15) is 5.82 Å². The second-order valence-corrected chi connectivity index (χ2v) is 6.05. The summed E-state index contributed by atoms with van der Waals surface area (Å²) in [5, 5.41) is 7.78. The van der Waals surface area contributed by atoms with Crippen molar-refractivity contribution >= 4 is 5.95 Å². The predicted molar refractivity (Wildman–Crippen MR) is 94.3 cm³/mol. The number of nitrogens with zero attached hydrogens (tertiary/aromatic N) is 6. The minimum absolute atomic E-state index is 0.294. The van der Waals surface area contributed by atoms with Crippen LogP contribution in [0.2, 0.25) is 0 Å². The molecule has 0 radical (unpaired) electrons. The molecule has 0 saturated heterocycles. The molecule has 0 amide bonds. The zero-order valence-corrected chi connectivity index (χ0v) is 14.8. The number of nitrogens with one attached hydrogen (secondary N) is 1. The Balaban J connectivity index is 2.01. The van der Waals surface area contributed by atoms with E-state index in [1.165, 1.54) is 0 Å². The molecule has 0 fully saturated rings. The maximum atomic E-state index is 4.59. The molecular weight excluding hydrogens is 302 g/mol. The van der Waals surface area contributed by atoms with E-state index in [0.29, 0.717) is 12.0 Å². The molecule has 3 aromatic rings. The first kappa shape index (κ1) is 16.2. The third kappa shape index (κ3) is 2.89. The van der Waals surface area contributed by atoms with Gasteiger partial charge < -0.3 is 5.32 Å². The molecule has 0 aliphatic carbocycles. The monoisotopic (exact) mass is 325 g/mol. The molecule has 7 nitrogen and oxygen atoms in total. The first-order valence-corrected chi connectivity index (χ1v) is 8.18. The van der Waals surface area contributed by atoms with Crippen molar-refractivity contribution in [3.05, 3.63) is 36.2 Å². The third-order valence-corrected chi connectivity index (χ3v) is 3.85. The van der Waals surface area contributed by atoms with Gasteiger partial charge in [-0.05, 0) is 34.6 Å². The van der Waals surface area contributed by atoms with E-state index in [9.17, 15) is 0 Å². The van der Waals surface area contributed by atoms with Gasteiger partial charge in [-0.15, -0.1) is 0 Å². The van der Waals surface area contributed by atoms with Crippen LogP contribution in [0, 0.1) is 13.8 Å². The molecule has 0 spiro atoms. The first-order chi connectivity index (χ1) is 11.5. The van der Waals surface area contributed by atoms with Crippen molar-refractivity contribution in [1.82, 2.24) is 29.3 Å². The molecule has 24 heavy (non-hydrogen) atoms. The van der Waals surface area contributed by atoms with Gasteiger partial charge in [0.25, 0.3) is 0 Å². The average Bonchev–Trinajstić information content (AvgIpc) is 3.11. The van der Waals surface area contributed by atoms with Crippen molar-refractivity contribution in [3.8, 4) is 17.1 Å². The lowest BCUT2D eigenvalue weighted by atomic mass is 10.2. The molecule has 0 aliphatic heterocycles. The van der Waals surface area contributed by atoms with Crippen molar-refractivity contribution in [3.63, 3.8) is 0 Å². The van der Waals surface area contributed by atoms with Crippen LogP contribution < -0.4 is 5.32 Å². The van der Waals surface area contributed by atoms with E-state index in [0.717, 1.165) is 35.0 Å². The number of anilines is 1. The standard InChI is InChI=1S/C17H23N7/c1-6-24-13(5)15(12(4)22-24)23-8-7-18-16(23)14-9-19-17(20-10-14)21-11(2)3/h7-11H,6H2,1-5H3,(H,19,20,21). The van der Waals surface area contributed by atoms with Gasteiger partial charge in [-0.25, -0.2) is 15.0 Å². The van der Waals surface area contributed by atoms with Gasteiger partial charge in [-0.2, -0.15) is 5.10 Å². The molecule has 1 N–H and O–H groups in total. The quantitative estimate of drug-likeness (QED) is 0.780. The van der Waals surface area contributed by atoms with Crippen molar-refractivity contribution in [1.29, 1.82) is 0 Å². The van der Waals surface area contributed by atoms with Crippen LogP contribution in [0.25, 0.3) is 17.1 Å². The molecule has 0 saturated carbocycles. The van der Waals surface area contributed by atoms with Crippen LogP contribution in [-0.2, 0) is 6.54 Å². The van der Waals surface area contributed by atoms with Gasteiger partial charge in [0, 0.05) is 37.4 Å². The molecule has 7 heteroatoms. The zero-order valence-electron chi connectivity index (χ0n) is 14.8. The lowest BCUT2D eigenvalue weighted by Gasteiger charge is -2.10. The second kappa shape index (κ2) is 6.43. The normalized spacial score (nSPS) is 11.2. The highest BCUT2D eigenvalue weighted by Crippen LogP contribution is 2.25. The fourth-order valence-corrected chi connectivity index (χ4v) is 2.82. The molecule has 0 bridgehead atoms. The van der Waals surface area contributed by atoms with E-state index >= 15 is 0 Å². The fourth-order valence-electron chi connectivity index (χ4n) is 2.82. The fraction of sp³-hybridized carbons (Fsp3) is 0.412. The summed E-state index contributed by atoms with van der Waals surface area (Å²) in [6.45, 7) is 11.1. The Hall–Kier alpha value is -2.70. The van der Waals surface area contributed by atoms with Gasteiger partial charge in [-0.1, -0.05) is 0 Å². The molecule has 0 aliphatic rings. The SMILES string of the molecule is CCn1nc(C)c(-n2ccnc2-c2cnc(NC(C)C)nc2)c1C. The molecule has 0 atom stereocenters. The van der Waals surface area contributed by atoms with Crippen LogP contribution in [0.4, 0.5) is 5.95 Å². The molecular formula is C17H23N7. The Morgan fingerprint density at radius 3 is 2.42 bits per heavy atom. The maximum Gasteiger partial charge on any atom is 0.222 e. The van der Waals surface area contributed by atoms with Gasteiger partial charge in [-0.3, -0.25) is 9.25 Å². The smallest absolute Gasteiger partial charge is 0.222 e. The number of rotatable bonds is 5. The Bertz CT molecular complexity index is 827. The molecule has 0 aromatic carbocycles. The van der Waals surface area contributed by atoms with Crippen LogP contribution >= 0.6 is 0 Å². The summed E-state index contributed by atoms with van der Waals surface area (Å²) >= 11 is 0. The maximum absolute atomic E-state index is 4.59. The summed E-state index contributed by atoms with van der Waals surface area (Å²) in [6, 6.07) is 0.294. The molecule has 3 heterocycles. The minimum Gasteiger partial charge on any atom is -0.352 e. The number of hydrogen-bond acceptors (Lipinski definition) is 5. The van der Waals surface area contributed by atoms with Crippen LogP contribution in [0.3, 0.4) is 0 Å². The summed E-state index contributed by atoms with van der Waals surface area (Å²) in [5.41, 5.74) is 4.03. The molecule has 0 unspecified atom stereocenters. The lowest BCUT2D eigenvalue weighted by molar-refractivity contribution is 0.634. The van der Waals surface area contributed by atoms with E-state index in [2.05, 4.69) is 57.6 Å². The van der Waals surface area contributed by atoms with Crippen molar-refractivity contribution < 1.29 is 0 Å². The number of hydrogen-bond donors (Lipinski definition) is 1.